The minimum absolute atomic E-state index is 0.0817. The Morgan fingerprint density at radius 2 is 1.86 bits per heavy atom. The zero-order valence-electron chi connectivity index (χ0n) is 17.0. The van der Waals surface area contributed by atoms with E-state index in [0.29, 0.717) is 36.0 Å². The number of hydrogen-bond donors (Lipinski definition) is 1. The molecule has 0 atom stereocenters. The summed E-state index contributed by atoms with van der Waals surface area (Å²) in [6, 6.07) is 8.87. The number of hydrogen-bond acceptors (Lipinski definition) is 6. The average Bonchev–Trinajstić information content (AvgIpc) is 2.75. The lowest BCUT2D eigenvalue weighted by molar-refractivity contribution is -0.119. The van der Waals surface area contributed by atoms with Gasteiger partial charge in [0.1, 0.15) is 6.54 Å². The highest BCUT2D eigenvalue weighted by Crippen LogP contribution is 2.31. The number of methoxy groups -OCH3 is 2. The van der Waals surface area contributed by atoms with Crippen LogP contribution in [0.15, 0.2) is 36.5 Å². The largest absolute Gasteiger partial charge is 0.493 e. The summed E-state index contributed by atoms with van der Waals surface area (Å²) in [4.78, 5) is 30.8. The Morgan fingerprint density at radius 1 is 1.10 bits per heavy atom. The minimum Gasteiger partial charge on any atom is -0.493 e. The summed E-state index contributed by atoms with van der Waals surface area (Å²) in [5.74, 6) is 1.68. The molecule has 2 heterocycles. The van der Waals surface area contributed by atoms with Gasteiger partial charge >= 0.3 is 6.03 Å². The second kappa shape index (κ2) is 8.68. The first-order valence-corrected chi connectivity index (χ1v) is 9.17. The van der Waals surface area contributed by atoms with Crippen LogP contribution in [-0.2, 0) is 11.2 Å². The third-order valence-corrected chi connectivity index (χ3v) is 4.81. The van der Waals surface area contributed by atoms with Gasteiger partial charge in [0, 0.05) is 26.8 Å². The van der Waals surface area contributed by atoms with E-state index < -0.39 is 0 Å². The van der Waals surface area contributed by atoms with E-state index >= 15 is 0 Å². The van der Waals surface area contributed by atoms with Crippen molar-refractivity contribution >= 4 is 23.4 Å². The predicted molar refractivity (Wildman–Crippen MR) is 109 cm³/mol. The van der Waals surface area contributed by atoms with Gasteiger partial charge in [-0.05, 0) is 36.2 Å². The van der Waals surface area contributed by atoms with Crippen LogP contribution >= 0.6 is 0 Å². The van der Waals surface area contributed by atoms with Gasteiger partial charge in [-0.1, -0.05) is 6.07 Å². The van der Waals surface area contributed by atoms with Crippen LogP contribution in [-0.4, -0.2) is 63.3 Å². The summed E-state index contributed by atoms with van der Waals surface area (Å²) in [6.07, 6.45) is 2.28. The molecule has 0 radical (unpaired) electrons. The fourth-order valence-corrected chi connectivity index (χ4v) is 3.13. The third kappa shape index (κ3) is 4.18. The van der Waals surface area contributed by atoms with E-state index in [1.807, 2.05) is 18.2 Å². The van der Waals surface area contributed by atoms with Crippen LogP contribution in [0.2, 0.25) is 0 Å². The fraction of sp³-hybridized carbons (Fsp3) is 0.350. The van der Waals surface area contributed by atoms with Crippen LogP contribution < -0.4 is 24.7 Å². The Hall–Kier alpha value is -3.49. The molecule has 0 aliphatic carbocycles. The van der Waals surface area contributed by atoms with Crippen LogP contribution in [0.5, 0.6) is 11.5 Å². The quantitative estimate of drug-likeness (QED) is 0.762. The summed E-state index contributed by atoms with van der Waals surface area (Å²) in [7, 11) is 6.56. The van der Waals surface area contributed by atoms with Crippen molar-refractivity contribution in [1.29, 1.82) is 0 Å². The summed E-state index contributed by atoms with van der Waals surface area (Å²) in [5, 5.41) is 5.94. The number of carbonyl (C=O) groups excluding carboxylic acids is 2. The van der Waals surface area contributed by atoms with Crippen LogP contribution in [0.3, 0.4) is 0 Å². The van der Waals surface area contributed by atoms with Gasteiger partial charge in [0.05, 0.1) is 19.9 Å². The molecule has 1 N–H and O–H groups in total. The molecule has 0 unspecified atom stereocenters. The maximum absolute atomic E-state index is 12.6. The Kier molecular flexibility index (Phi) is 6.06. The van der Waals surface area contributed by atoms with Gasteiger partial charge in [-0.2, -0.15) is 0 Å². The first kappa shape index (κ1) is 20.2. The van der Waals surface area contributed by atoms with E-state index in [9.17, 15) is 9.59 Å². The molecule has 0 fully saturated rings. The highest BCUT2D eigenvalue weighted by molar-refractivity contribution is 6.02. The zero-order valence-corrected chi connectivity index (χ0v) is 17.0. The second-order valence-corrected chi connectivity index (χ2v) is 6.55. The van der Waals surface area contributed by atoms with E-state index in [1.165, 1.54) is 9.91 Å². The van der Waals surface area contributed by atoms with Crippen molar-refractivity contribution in [3.8, 4) is 11.5 Å². The van der Waals surface area contributed by atoms with Crippen LogP contribution in [0, 0.1) is 0 Å². The first-order chi connectivity index (χ1) is 14.0. The van der Waals surface area contributed by atoms with Gasteiger partial charge < -0.3 is 14.8 Å². The van der Waals surface area contributed by atoms with Gasteiger partial charge in [0.15, 0.2) is 17.3 Å². The molecule has 1 aliphatic heterocycles. The van der Waals surface area contributed by atoms with Crippen LogP contribution in [0.1, 0.15) is 5.56 Å². The molecule has 0 bridgehead atoms. The molecule has 29 heavy (non-hydrogen) atoms. The van der Waals surface area contributed by atoms with Gasteiger partial charge in [-0.3, -0.25) is 14.7 Å². The molecular weight excluding hydrogens is 374 g/mol. The number of ether oxygens (including phenoxy) is 2. The van der Waals surface area contributed by atoms with Gasteiger partial charge in [0.2, 0.25) is 5.91 Å². The van der Waals surface area contributed by atoms with Crippen molar-refractivity contribution in [1.82, 2.24) is 15.3 Å². The van der Waals surface area contributed by atoms with Crippen LogP contribution in [0.25, 0.3) is 0 Å². The molecule has 1 aromatic heterocycles. The molecule has 0 saturated heterocycles. The standard InChI is InChI=1S/C20H25N5O4/c1-23-19-15(6-5-10-22-19)25(20(27)24(23)2)13-18(26)21-11-9-14-7-8-16(28-3)17(12-14)29-4/h5-8,10,12H,9,11,13H2,1-4H3,(H,21,26). The lowest BCUT2D eigenvalue weighted by Gasteiger charge is -2.40. The highest BCUT2D eigenvalue weighted by atomic mass is 16.5. The number of hydrazine groups is 1. The van der Waals surface area contributed by atoms with E-state index in [0.717, 1.165) is 5.56 Å². The number of pyridine rings is 1. The van der Waals surface area contributed by atoms with Gasteiger partial charge in [-0.15, -0.1) is 0 Å². The Balaban J connectivity index is 1.61. The maximum atomic E-state index is 12.6. The molecule has 9 heteroatoms. The molecule has 9 nitrogen and oxygen atoms in total. The molecule has 3 rings (SSSR count). The number of nitrogens with one attached hydrogen (secondary N) is 1. The smallest absolute Gasteiger partial charge is 0.343 e. The van der Waals surface area contributed by atoms with E-state index in [1.54, 1.807) is 51.7 Å². The summed E-state index contributed by atoms with van der Waals surface area (Å²) < 4.78 is 10.5. The number of carbonyl (C=O) groups is 2. The number of aromatic nitrogens is 1. The second-order valence-electron chi connectivity index (χ2n) is 6.55. The lowest BCUT2D eigenvalue weighted by Crippen LogP contribution is -2.55. The van der Waals surface area contributed by atoms with Gasteiger partial charge in [-0.25, -0.2) is 14.8 Å². The van der Waals surface area contributed by atoms with Crippen molar-refractivity contribution in [3.63, 3.8) is 0 Å². The monoisotopic (exact) mass is 399 g/mol. The summed E-state index contributed by atoms with van der Waals surface area (Å²) in [6.45, 7) is 0.355. The van der Waals surface area contributed by atoms with Gasteiger partial charge in [0.25, 0.3) is 0 Å². The van der Waals surface area contributed by atoms with Crippen molar-refractivity contribution < 1.29 is 19.1 Å². The molecule has 0 spiro atoms. The predicted octanol–water partition coefficient (Wildman–Crippen LogP) is 1.68. The van der Waals surface area contributed by atoms with E-state index in [2.05, 4.69) is 10.3 Å². The number of urea groups is 1. The number of fused-ring (bicyclic) bond motifs is 1. The van der Waals surface area contributed by atoms with Crippen LogP contribution in [0.4, 0.5) is 16.3 Å². The molecule has 0 saturated carbocycles. The summed E-state index contributed by atoms with van der Waals surface area (Å²) >= 11 is 0. The Labute approximate surface area is 169 Å². The van der Waals surface area contributed by atoms with Crippen molar-refractivity contribution in [2.24, 2.45) is 0 Å². The lowest BCUT2D eigenvalue weighted by atomic mass is 10.1. The maximum Gasteiger partial charge on any atom is 0.343 e. The Morgan fingerprint density at radius 3 is 2.59 bits per heavy atom. The molecule has 2 aromatic rings. The van der Waals surface area contributed by atoms with Crippen molar-refractivity contribution in [2.45, 2.75) is 6.42 Å². The first-order valence-electron chi connectivity index (χ1n) is 9.17. The molecule has 1 aromatic carbocycles. The minimum atomic E-state index is -0.289. The average molecular weight is 399 g/mol. The van der Waals surface area contributed by atoms with Crippen molar-refractivity contribution in [3.05, 3.63) is 42.1 Å². The SMILES string of the molecule is COc1ccc(CCNC(=O)CN2C(=O)N(C)N(C)c3ncccc32)cc1OC. The van der Waals surface area contributed by atoms with Crippen molar-refractivity contribution in [2.75, 3.05) is 51.3 Å². The molecule has 1 aliphatic rings. The fourth-order valence-electron chi connectivity index (χ4n) is 3.13. The Bertz CT molecular complexity index is 904. The normalized spacial score (nSPS) is 13.2. The summed E-state index contributed by atoms with van der Waals surface area (Å²) in [5.41, 5.74) is 1.61. The highest BCUT2D eigenvalue weighted by Gasteiger charge is 2.33. The third-order valence-electron chi connectivity index (χ3n) is 4.81. The molecule has 3 amide bonds. The number of rotatable bonds is 7. The number of amides is 3. The molecular formula is C20H25N5O4. The van der Waals surface area contributed by atoms with E-state index in [4.69, 9.17) is 9.47 Å². The zero-order chi connectivity index (χ0) is 21.0. The number of anilines is 2. The van der Waals surface area contributed by atoms with E-state index in [-0.39, 0.29) is 18.5 Å². The number of nitrogens with zero attached hydrogens (tertiary/aromatic N) is 4. The molecule has 154 valence electrons. The number of benzene rings is 1. The topological polar surface area (TPSA) is 87.2 Å².